The van der Waals surface area contributed by atoms with Gasteiger partial charge >= 0.3 is 0 Å². The Bertz CT molecular complexity index is 3100. The van der Waals surface area contributed by atoms with Gasteiger partial charge in [0.2, 0.25) is 0 Å². The Balaban J connectivity index is 1.16. The zero-order valence-corrected chi connectivity index (χ0v) is 28.7. The maximum absolute atomic E-state index is 6.49. The van der Waals surface area contributed by atoms with Gasteiger partial charge in [0.1, 0.15) is 11.2 Å². The zero-order valence-electron chi connectivity index (χ0n) is 28.7. The van der Waals surface area contributed by atoms with E-state index >= 15 is 0 Å². The minimum atomic E-state index is -0.125. The molecule has 0 spiro atoms. The monoisotopic (exact) mass is 665 g/mol. The lowest BCUT2D eigenvalue weighted by atomic mass is 9.82. The molecule has 1 aliphatic rings. The van der Waals surface area contributed by atoms with Crippen LogP contribution in [0.1, 0.15) is 25.0 Å². The van der Waals surface area contributed by atoms with Gasteiger partial charge in [-0.15, -0.1) is 0 Å². The van der Waals surface area contributed by atoms with E-state index < -0.39 is 0 Å². The van der Waals surface area contributed by atoms with Crippen LogP contribution in [0.2, 0.25) is 0 Å². The molecule has 52 heavy (non-hydrogen) atoms. The van der Waals surface area contributed by atoms with Crippen molar-refractivity contribution >= 4 is 54.3 Å². The van der Waals surface area contributed by atoms with Gasteiger partial charge in [0.25, 0.3) is 0 Å². The Hall–Kier alpha value is -6.65. The number of rotatable bonds is 3. The number of nitrogens with zero attached hydrogens (tertiary/aromatic N) is 3. The summed E-state index contributed by atoms with van der Waals surface area (Å²) in [7, 11) is 0. The average molecular weight is 666 g/mol. The van der Waals surface area contributed by atoms with Crippen molar-refractivity contribution in [3.05, 3.63) is 163 Å². The Morgan fingerprint density at radius 3 is 1.96 bits per heavy atom. The molecule has 10 aromatic rings. The van der Waals surface area contributed by atoms with Gasteiger partial charge in [0, 0.05) is 38.3 Å². The van der Waals surface area contributed by atoms with Crippen molar-refractivity contribution < 1.29 is 4.42 Å². The SMILES string of the molecule is CC1(C)c2ccccc2-c2c(-c3nc(-c4ccccc4)nc(-c4ccc5c(ccc6c5c5ccccc5c5oc7ccccc7c65)c4)n3)cccc21. The van der Waals surface area contributed by atoms with Crippen LogP contribution in [0.3, 0.4) is 0 Å². The Labute approximate surface area is 300 Å². The predicted molar refractivity (Wildman–Crippen MR) is 213 cm³/mol. The summed E-state index contributed by atoms with van der Waals surface area (Å²) in [5.74, 6) is 1.98. The van der Waals surface area contributed by atoms with E-state index in [0.717, 1.165) is 49.4 Å². The lowest BCUT2D eigenvalue weighted by Crippen LogP contribution is -2.14. The smallest absolute Gasteiger partial charge is 0.164 e. The van der Waals surface area contributed by atoms with Gasteiger partial charge in [0.15, 0.2) is 17.5 Å². The van der Waals surface area contributed by atoms with Crippen molar-refractivity contribution in [2.24, 2.45) is 0 Å². The number of furan rings is 1. The number of benzene rings is 8. The summed E-state index contributed by atoms with van der Waals surface area (Å²) in [5.41, 5.74) is 9.69. The highest BCUT2D eigenvalue weighted by Crippen LogP contribution is 2.52. The van der Waals surface area contributed by atoms with E-state index in [2.05, 4.69) is 141 Å². The normalized spacial score (nSPS) is 13.3. The van der Waals surface area contributed by atoms with Crippen molar-refractivity contribution in [2.45, 2.75) is 19.3 Å². The second-order valence-corrected chi connectivity index (χ2v) is 14.3. The molecule has 0 aliphatic heterocycles. The topological polar surface area (TPSA) is 51.8 Å². The van der Waals surface area contributed by atoms with Crippen LogP contribution in [0.4, 0.5) is 0 Å². The minimum Gasteiger partial charge on any atom is -0.455 e. The standard InChI is InChI=1S/C48H31N3O/c1-48(2)38-20-10-8-17-34(38)42-37(19-12-21-39(42)48)47-50-45(28-13-4-3-5-14-28)49-46(51-47)30-24-25-31-29(27-30)23-26-36-41(31)32-15-6-7-16-33(32)44-43(36)35-18-9-11-22-40(35)52-44/h3-27H,1-2H3. The number of hydrogen-bond acceptors (Lipinski definition) is 4. The van der Waals surface area contributed by atoms with E-state index in [1.165, 1.54) is 43.8 Å². The van der Waals surface area contributed by atoms with Crippen LogP contribution in [0, 0.1) is 0 Å². The van der Waals surface area contributed by atoms with Crippen molar-refractivity contribution in [1.82, 2.24) is 15.0 Å². The van der Waals surface area contributed by atoms with Crippen LogP contribution < -0.4 is 0 Å². The number of fused-ring (bicyclic) bond motifs is 13. The molecule has 0 amide bonds. The summed E-state index contributed by atoms with van der Waals surface area (Å²) in [6.45, 7) is 4.61. The van der Waals surface area contributed by atoms with Gasteiger partial charge in [-0.2, -0.15) is 0 Å². The van der Waals surface area contributed by atoms with E-state index in [-0.39, 0.29) is 5.41 Å². The molecule has 2 heterocycles. The van der Waals surface area contributed by atoms with E-state index in [1.807, 2.05) is 24.3 Å². The van der Waals surface area contributed by atoms with Crippen LogP contribution in [-0.2, 0) is 5.41 Å². The fourth-order valence-electron chi connectivity index (χ4n) is 8.65. The molecule has 0 saturated heterocycles. The summed E-state index contributed by atoms with van der Waals surface area (Å²) >= 11 is 0. The molecule has 2 aromatic heterocycles. The molecule has 4 nitrogen and oxygen atoms in total. The van der Waals surface area contributed by atoms with E-state index in [4.69, 9.17) is 19.4 Å². The fraction of sp³-hybridized carbons (Fsp3) is 0.0625. The maximum Gasteiger partial charge on any atom is 0.164 e. The number of aromatic nitrogens is 3. The molecule has 8 aromatic carbocycles. The summed E-state index contributed by atoms with van der Waals surface area (Å²) in [6, 6.07) is 53.5. The first-order valence-electron chi connectivity index (χ1n) is 17.8. The Morgan fingerprint density at radius 2 is 1.10 bits per heavy atom. The molecule has 0 saturated carbocycles. The molecule has 4 heteroatoms. The van der Waals surface area contributed by atoms with Crippen molar-refractivity contribution in [3.8, 4) is 45.3 Å². The van der Waals surface area contributed by atoms with Gasteiger partial charge in [-0.05, 0) is 61.3 Å². The Kier molecular flexibility index (Phi) is 5.98. The first-order chi connectivity index (χ1) is 25.5. The number of para-hydroxylation sites is 1. The predicted octanol–water partition coefficient (Wildman–Crippen LogP) is 12.5. The molecule has 1 aliphatic carbocycles. The lowest BCUT2D eigenvalue weighted by molar-refractivity contribution is 0.660. The van der Waals surface area contributed by atoms with Gasteiger partial charge in [-0.25, -0.2) is 15.0 Å². The molecule has 0 fully saturated rings. The number of hydrogen-bond donors (Lipinski definition) is 0. The van der Waals surface area contributed by atoms with Crippen LogP contribution in [-0.4, -0.2) is 15.0 Å². The summed E-state index contributed by atoms with van der Waals surface area (Å²) in [4.78, 5) is 15.5. The van der Waals surface area contributed by atoms with Crippen molar-refractivity contribution in [2.75, 3.05) is 0 Å². The molecular weight excluding hydrogens is 635 g/mol. The van der Waals surface area contributed by atoms with E-state index in [1.54, 1.807) is 0 Å². The summed E-state index contributed by atoms with van der Waals surface area (Å²) < 4.78 is 6.49. The molecule has 0 N–H and O–H groups in total. The largest absolute Gasteiger partial charge is 0.455 e. The third kappa shape index (κ3) is 4.06. The molecular formula is C48H31N3O. The van der Waals surface area contributed by atoms with E-state index in [9.17, 15) is 0 Å². The maximum atomic E-state index is 6.49. The molecule has 0 bridgehead atoms. The first kappa shape index (κ1) is 29.1. The molecule has 0 atom stereocenters. The van der Waals surface area contributed by atoms with Gasteiger partial charge in [-0.1, -0.05) is 153 Å². The van der Waals surface area contributed by atoms with Gasteiger partial charge in [-0.3, -0.25) is 0 Å². The fourth-order valence-corrected chi connectivity index (χ4v) is 8.65. The van der Waals surface area contributed by atoms with Gasteiger partial charge in [0.05, 0.1) is 0 Å². The van der Waals surface area contributed by atoms with Crippen LogP contribution in [0.5, 0.6) is 0 Å². The quantitative estimate of drug-likeness (QED) is 0.176. The van der Waals surface area contributed by atoms with Crippen LogP contribution in [0.15, 0.2) is 156 Å². The summed E-state index contributed by atoms with van der Waals surface area (Å²) in [6.07, 6.45) is 0. The first-order valence-corrected chi connectivity index (χ1v) is 17.8. The molecule has 0 unspecified atom stereocenters. The average Bonchev–Trinajstić information content (AvgIpc) is 3.71. The van der Waals surface area contributed by atoms with E-state index in [0.29, 0.717) is 17.5 Å². The highest BCUT2D eigenvalue weighted by Gasteiger charge is 2.37. The van der Waals surface area contributed by atoms with Crippen LogP contribution in [0.25, 0.3) is 99.5 Å². The molecule has 11 rings (SSSR count). The van der Waals surface area contributed by atoms with Crippen molar-refractivity contribution in [1.29, 1.82) is 0 Å². The highest BCUT2D eigenvalue weighted by molar-refractivity contribution is 6.34. The minimum absolute atomic E-state index is 0.125. The third-order valence-corrected chi connectivity index (χ3v) is 11.1. The summed E-state index contributed by atoms with van der Waals surface area (Å²) in [5, 5.41) is 9.31. The molecule has 0 radical (unpaired) electrons. The zero-order chi connectivity index (χ0) is 34.6. The second-order valence-electron chi connectivity index (χ2n) is 14.3. The van der Waals surface area contributed by atoms with Crippen molar-refractivity contribution in [3.63, 3.8) is 0 Å². The lowest BCUT2D eigenvalue weighted by Gasteiger charge is -2.21. The Morgan fingerprint density at radius 1 is 0.442 bits per heavy atom. The highest BCUT2D eigenvalue weighted by atomic mass is 16.3. The van der Waals surface area contributed by atoms with Gasteiger partial charge < -0.3 is 4.42 Å². The molecule has 244 valence electrons. The third-order valence-electron chi connectivity index (χ3n) is 11.1. The second kappa shape index (κ2) is 10.7. The van der Waals surface area contributed by atoms with Crippen LogP contribution >= 0.6 is 0 Å².